The maximum Gasteiger partial charge on any atom is 0.338 e. The molecule has 2 aromatic rings. The number of hydrogen-bond donors (Lipinski definition) is 0. The first-order valence-corrected chi connectivity index (χ1v) is 8.99. The highest BCUT2D eigenvalue weighted by molar-refractivity contribution is 5.89. The van der Waals surface area contributed by atoms with E-state index in [1.54, 1.807) is 24.3 Å². The zero-order chi connectivity index (χ0) is 19.3. The molecule has 0 N–H and O–H groups in total. The van der Waals surface area contributed by atoms with E-state index in [9.17, 15) is 4.79 Å². The molecular weight excluding hydrogens is 362 g/mol. The van der Waals surface area contributed by atoms with E-state index in [2.05, 4.69) is 10.0 Å². The van der Waals surface area contributed by atoms with Crippen molar-refractivity contribution in [3.05, 3.63) is 82.2 Å². The van der Waals surface area contributed by atoms with Crippen LogP contribution in [0.25, 0.3) is 10.4 Å². The molecule has 2 aliphatic rings. The molecule has 2 aromatic carbocycles. The lowest BCUT2D eigenvalue weighted by Gasteiger charge is -2.38. The van der Waals surface area contributed by atoms with Crippen molar-refractivity contribution in [2.75, 3.05) is 6.61 Å². The summed E-state index contributed by atoms with van der Waals surface area (Å²) in [5.74, 6) is -0.517. The first kappa shape index (κ1) is 18.5. The van der Waals surface area contributed by atoms with Gasteiger partial charge < -0.3 is 18.9 Å². The molecule has 2 heterocycles. The van der Waals surface area contributed by atoms with Crippen LogP contribution in [-0.4, -0.2) is 43.2 Å². The molecule has 0 aliphatic carbocycles. The standard InChI is InChI=1S/C20H19N3O5/c21-23-22-16-15-12-26-20(27-15)18(28-19(24)14-9-5-2-6-10-14)17(16)25-11-13-7-3-1-4-8-13/h1-10,15-18,20H,11-12H2/t15-,16-,17-,18+,20-/m0/s1. The van der Waals surface area contributed by atoms with Crippen molar-refractivity contribution < 1.29 is 23.7 Å². The van der Waals surface area contributed by atoms with Gasteiger partial charge in [-0.15, -0.1) is 0 Å². The number of nitrogens with zero attached hydrogens (tertiary/aromatic N) is 3. The monoisotopic (exact) mass is 381 g/mol. The molecule has 5 atom stereocenters. The summed E-state index contributed by atoms with van der Waals surface area (Å²) in [7, 11) is 0. The van der Waals surface area contributed by atoms with Gasteiger partial charge >= 0.3 is 5.97 Å². The van der Waals surface area contributed by atoms with E-state index < -0.39 is 36.6 Å². The maximum atomic E-state index is 12.6. The highest BCUT2D eigenvalue weighted by atomic mass is 16.8. The third kappa shape index (κ3) is 3.85. The molecule has 4 rings (SSSR count). The van der Waals surface area contributed by atoms with Crippen molar-refractivity contribution in [1.29, 1.82) is 0 Å². The molecular formula is C20H19N3O5. The molecule has 28 heavy (non-hydrogen) atoms. The lowest BCUT2D eigenvalue weighted by molar-refractivity contribution is -0.213. The first-order chi connectivity index (χ1) is 13.8. The summed E-state index contributed by atoms with van der Waals surface area (Å²) >= 11 is 0. The number of esters is 1. The summed E-state index contributed by atoms with van der Waals surface area (Å²) in [5.41, 5.74) is 10.4. The normalized spacial score (nSPS) is 28.4. The second-order valence-electron chi connectivity index (χ2n) is 6.57. The molecule has 2 aliphatic heterocycles. The van der Waals surface area contributed by atoms with Crippen LogP contribution in [0.5, 0.6) is 0 Å². The number of azide groups is 1. The molecule has 2 fully saturated rings. The summed E-state index contributed by atoms with van der Waals surface area (Å²) in [6, 6.07) is 17.6. The SMILES string of the molecule is [N-]=[N+]=N[C@@H]1[C@H](OCc2ccccc2)[C@@H](OC(=O)c2ccccc2)[C@H]2OC[C@@H]1O2. The Bertz CT molecular complexity index is 857. The van der Waals surface area contributed by atoms with Crippen molar-refractivity contribution in [3.8, 4) is 0 Å². The van der Waals surface area contributed by atoms with E-state index in [0.717, 1.165) is 5.56 Å². The minimum atomic E-state index is -0.856. The first-order valence-electron chi connectivity index (χ1n) is 8.99. The molecule has 0 amide bonds. The summed E-state index contributed by atoms with van der Waals surface area (Å²) in [5, 5.41) is 3.85. The second kappa shape index (κ2) is 8.41. The van der Waals surface area contributed by atoms with Crippen molar-refractivity contribution in [1.82, 2.24) is 0 Å². The number of benzene rings is 2. The smallest absolute Gasteiger partial charge is 0.338 e. The van der Waals surface area contributed by atoms with Crippen molar-refractivity contribution in [2.24, 2.45) is 5.11 Å². The van der Waals surface area contributed by atoms with E-state index in [-0.39, 0.29) is 13.2 Å². The third-order valence-electron chi connectivity index (χ3n) is 4.77. The average Bonchev–Trinajstić information content (AvgIpc) is 3.18. The van der Waals surface area contributed by atoms with Crippen molar-refractivity contribution in [3.63, 3.8) is 0 Å². The minimum absolute atomic E-state index is 0.249. The molecule has 0 aromatic heterocycles. The van der Waals surface area contributed by atoms with Crippen molar-refractivity contribution in [2.45, 2.75) is 37.3 Å². The highest BCUT2D eigenvalue weighted by Crippen LogP contribution is 2.34. The fourth-order valence-electron chi connectivity index (χ4n) is 3.40. The molecule has 0 spiro atoms. The summed E-state index contributed by atoms with van der Waals surface area (Å²) in [6.45, 7) is 0.528. The van der Waals surface area contributed by atoms with Crippen molar-refractivity contribution >= 4 is 5.97 Å². The average molecular weight is 381 g/mol. The lowest BCUT2D eigenvalue weighted by Crippen LogP contribution is -2.55. The Hall–Kier alpha value is -2.90. The van der Waals surface area contributed by atoms with Crippen LogP contribution in [0.3, 0.4) is 0 Å². The van der Waals surface area contributed by atoms with Crippen LogP contribution in [0.15, 0.2) is 65.8 Å². The van der Waals surface area contributed by atoms with Crippen LogP contribution < -0.4 is 0 Å². The van der Waals surface area contributed by atoms with E-state index in [1.165, 1.54) is 0 Å². The number of carbonyl (C=O) groups excluding carboxylic acids is 1. The number of carbonyl (C=O) groups is 1. The molecule has 8 nitrogen and oxygen atoms in total. The molecule has 0 radical (unpaired) electrons. The topological polar surface area (TPSA) is 103 Å². The predicted octanol–water partition coefficient (Wildman–Crippen LogP) is 3.23. The number of ether oxygens (including phenoxy) is 4. The Morgan fingerprint density at radius 2 is 1.82 bits per heavy atom. The van der Waals surface area contributed by atoms with Gasteiger partial charge in [-0.2, -0.15) is 0 Å². The summed E-state index contributed by atoms with van der Waals surface area (Å²) in [4.78, 5) is 15.5. The zero-order valence-electron chi connectivity index (χ0n) is 15.0. The Morgan fingerprint density at radius 1 is 1.11 bits per heavy atom. The number of rotatable bonds is 6. The van der Waals surface area contributed by atoms with Gasteiger partial charge in [0.15, 0.2) is 12.4 Å². The highest BCUT2D eigenvalue weighted by Gasteiger charge is 2.53. The molecule has 0 unspecified atom stereocenters. The van der Waals surface area contributed by atoms with Gasteiger partial charge in [0.1, 0.15) is 6.10 Å². The summed E-state index contributed by atoms with van der Waals surface area (Å²) in [6.07, 6.45) is -2.74. The van der Waals surface area contributed by atoms with E-state index in [0.29, 0.717) is 5.56 Å². The van der Waals surface area contributed by atoms with Crippen LogP contribution in [0, 0.1) is 0 Å². The maximum absolute atomic E-state index is 12.6. The Morgan fingerprint density at radius 3 is 2.54 bits per heavy atom. The number of hydrogen-bond acceptors (Lipinski definition) is 6. The van der Waals surface area contributed by atoms with Gasteiger partial charge in [-0.05, 0) is 23.2 Å². The van der Waals surface area contributed by atoms with Gasteiger partial charge in [0.25, 0.3) is 0 Å². The van der Waals surface area contributed by atoms with E-state index in [1.807, 2.05) is 36.4 Å². The molecule has 8 heteroatoms. The largest absolute Gasteiger partial charge is 0.451 e. The fourth-order valence-corrected chi connectivity index (χ4v) is 3.40. The molecule has 144 valence electrons. The number of fused-ring (bicyclic) bond motifs is 2. The van der Waals surface area contributed by atoms with Crippen LogP contribution in [0.2, 0.25) is 0 Å². The molecule has 2 bridgehead atoms. The Labute approximate surface area is 161 Å². The Kier molecular flexibility index (Phi) is 5.55. The van der Waals surface area contributed by atoms with Crippen LogP contribution >= 0.6 is 0 Å². The van der Waals surface area contributed by atoms with Gasteiger partial charge in [-0.1, -0.05) is 53.6 Å². The van der Waals surface area contributed by atoms with Gasteiger partial charge in [-0.3, -0.25) is 0 Å². The molecule has 2 saturated heterocycles. The quantitative estimate of drug-likeness (QED) is 0.331. The predicted molar refractivity (Wildman–Crippen MR) is 98.2 cm³/mol. The van der Waals surface area contributed by atoms with Gasteiger partial charge in [0, 0.05) is 4.91 Å². The van der Waals surface area contributed by atoms with Crippen LogP contribution in [0.4, 0.5) is 0 Å². The second-order valence-corrected chi connectivity index (χ2v) is 6.57. The van der Waals surface area contributed by atoms with E-state index in [4.69, 9.17) is 24.5 Å². The van der Waals surface area contributed by atoms with Crippen LogP contribution in [0.1, 0.15) is 15.9 Å². The Balaban J connectivity index is 1.56. The van der Waals surface area contributed by atoms with E-state index >= 15 is 0 Å². The third-order valence-corrected chi connectivity index (χ3v) is 4.77. The zero-order valence-corrected chi connectivity index (χ0v) is 15.0. The fraction of sp³-hybridized carbons (Fsp3) is 0.350. The van der Waals surface area contributed by atoms with Gasteiger partial charge in [-0.25, -0.2) is 4.79 Å². The van der Waals surface area contributed by atoms with Gasteiger partial charge in [0.2, 0.25) is 0 Å². The lowest BCUT2D eigenvalue weighted by atomic mass is 9.98. The minimum Gasteiger partial charge on any atom is -0.451 e. The molecule has 0 saturated carbocycles. The van der Waals surface area contributed by atoms with Gasteiger partial charge in [0.05, 0.1) is 30.9 Å². The summed E-state index contributed by atoms with van der Waals surface area (Å²) < 4.78 is 23.1. The van der Waals surface area contributed by atoms with Crippen LogP contribution in [-0.2, 0) is 25.6 Å².